The molecule has 1 fully saturated rings. The summed E-state index contributed by atoms with van der Waals surface area (Å²) in [5.41, 5.74) is 0. The number of nitrogens with zero attached hydrogens (tertiary/aromatic N) is 1. The van der Waals surface area contributed by atoms with Gasteiger partial charge in [-0.3, -0.25) is 4.99 Å². The maximum absolute atomic E-state index is 9.30. The molecule has 0 amide bonds. The molecule has 0 aliphatic carbocycles. The molecule has 0 radical (unpaired) electrons. The Hall–Kier alpha value is -1.53. The first-order valence-corrected chi connectivity index (χ1v) is 9.94. The highest BCUT2D eigenvalue weighted by Crippen LogP contribution is 2.15. The minimum Gasteiger partial charge on any atom is -0.469 e. The monoisotopic (exact) mass is 365 g/mol. The van der Waals surface area contributed by atoms with Crippen LogP contribution in [0.5, 0.6) is 0 Å². The zero-order valence-corrected chi connectivity index (χ0v) is 16.2. The normalized spacial score (nSPS) is 19.1. The van der Waals surface area contributed by atoms with Crippen LogP contribution in [0.25, 0.3) is 0 Å². The van der Waals surface area contributed by atoms with Crippen molar-refractivity contribution in [3.05, 3.63) is 24.2 Å². The Morgan fingerprint density at radius 1 is 1.38 bits per heavy atom. The average molecular weight is 366 g/mol. The number of aliphatic imine (C=N–C) groups is 1. The van der Waals surface area contributed by atoms with Gasteiger partial charge in [-0.15, -0.1) is 0 Å². The number of aliphatic hydroxyl groups excluding tert-OH is 1. The first kappa shape index (κ1) is 20.8. The number of aliphatic hydroxyl groups is 1. The molecule has 1 aromatic rings. The first-order chi connectivity index (χ1) is 12.7. The second-order valence-corrected chi connectivity index (χ2v) is 7.47. The fraction of sp³-hybridized carbons (Fsp3) is 0.750. The van der Waals surface area contributed by atoms with E-state index in [1.54, 1.807) is 6.26 Å². The predicted octanol–water partition coefficient (Wildman–Crippen LogP) is 2.58. The van der Waals surface area contributed by atoms with Crippen LogP contribution in [0, 0.1) is 11.8 Å². The molecule has 1 saturated heterocycles. The Balaban J connectivity index is 1.85. The van der Waals surface area contributed by atoms with E-state index in [4.69, 9.17) is 14.1 Å². The van der Waals surface area contributed by atoms with Gasteiger partial charge in [0.05, 0.1) is 12.4 Å². The summed E-state index contributed by atoms with van der Waals surface area (Å²) in [5, 5.41) is 16.1. The zero-order chi connectivity index (χ0) is 18.6. The van der Waals surface area contributed by atoms with Crippen molar-refractivity contribution in [2.24, 2.45) is 16.8 Å². The van der Waals surface area contributed by atoms with E-state index in [1.807, 2.05) is 12.1 Å². The SMILES string of the molecule is CC(C)CC(CCO)CN=C(NCCc1ccco1)NCC1CCCO1. The van der Waals surface area contributed by atoms with Crippen molar-refractivity contribution in [2.75, 3.05) is 32.8 Å². The van der Waals surface area contributed by atoms with E-state index < -0.39 is 0 Å². The molecule has 148 valence electrons. The van der Waals surface area contributed by atoms with Gasteiger partial charge in [-0.2, -0.15) is 0 Å². The van der Waals surface area contributed by atoms with Crippen LogP contribution in [0.3, 0.4) is 0 Å². The fourth-order valence-corrected chi connectivity index (χ4v) is 3.30. The van der Waals surface area contributed by atoms with Gasteiger partial charge < -0.3 is 24.9 Å². The maximum Gasteiger partial charge on any atom is 0.191 e. The van der Waals surface area contributed by atoms with Crippen LogP contribution in [-0.2, 0) is 11.2 Å². The number of rotatable bonds is 11. The summed E-state index contributed by atoms with van der Waals surface area (Å²) in [6, 6.07) is 3.89. The molecule has 0 spiro atoms. The topological polar surface area (TPSA) is 79.0 Å². The van der Waals surface area contributed by atoms with Gasteiger partial charge in [0.1, 0.15) is 5.76 Å². The molecule has 0 saturated carbocycles. The van der Waals surface area contributed by atoms with Gasteiger partial charge in [-0.25, -0.2) is 0 Å². The third-order valence-electron chi connectivity index (χ3n) is 4.61. The fourth-order valence-electron chi connectivity index (χ4n) is 3.30. The van der Waals surface area contributed by atoms with E-state index in [0.717, 1.165) is 70.1 Å². The van der Waals surface area contributed by atoms with Crippen LogP contribution in [-0.4, -0.2) is 50.0 Å². The minimum atomic E-state index is 0.220. The van der Waals surface area contributed by atoms with E-state index in [2.05, 4.69) is 24.5 Å². The molecule has 3 N–H and O–H groups in total. The minimum absolute atomic E-state index is 0.220. The Morgan fingerprint density at radius 3 is 2.92 bits per heavy atom. The van der Waals surface area contributed by atoms with Crippen molar-refractivity contribution < 1.29 is 14.3 Å². The summed E-state index contributed by atoms with van der Waals surface area (Å²) in [5.74, 6) is 2.80. The Morgan fingerprint density at radius 2 is 2.27 bits per heavy atom. The molecule has 6 nitrogen and oxygen atoms in total. The van der Waals surface area contributed by atoms with Crippen LogP contribution < -0.4 is 10.6 Å². The summed E-state index contributed by atoms with van der Waals surface area (Å²) in [6.07, 6.45) is 6.91. The zero-order valence-electron chi connectivity index (χ0n) is 16.2. The van der Waals surface area contributed by atoms with Crippen molar-refractivity contribution in [3.8, 4) is 0 Å². The number of hydrogen-bond donors (Lipinski definition) is 3. The Kier molecular flexibility index (Phi) is 9.56. The number of ether oxygens (including phenoxy) is 1. The van der Waals surface area contributed by atoms with Crippen molar-refractivity contribution in [3.63, 3.8) is 0 Å². The van der Waals surface area contributed by atoms with E-state index in [9.17, 15) is 5.11 Å². The molecule has 0 bridgehead atoms. The molecular weight excluding hydrogens is 330 g/mol. The summed E-state index contributed by atoms with van der Waals surface area (Å²) >= 11 is 0. The van der Waals surface area contributed by atoms with Gasteiger partial charge in [0.2, 0.25) is 0 Å². The lowest BCUT2D eigenvalue weighted by molar-refractivity contribution is 0.113. The lowest BCUT2D eigenvalue weighted by Crippen LogP contribution is -2.42. The van der Waals surface area contributed by atoms with E-state index in [0.29, 0.717) is 11.8 Å². The highest BCUT2D eigenvalue weighted by atomic mass is 16.5. The van der Waals surface area contributed by atoms with Crippen LogP contribution in [0.2, 0.25) is 0 Å². The van der Waals surface area contributed by atoms with Crippen LogP contribution in [0.4, 0.5) is 0 Å². The van der Waals surface area contributed by atoms with Crippen LogP contribution in [0.15, 0.2) is 27.8 Å². The van der Waals surface area contributed by atoms with E-state index >= 15 is 0 Å². The molecule has 0 aromatic carbocycles. The highest BCUT2D eigenvalue weighted by Gasteiger charge is 2.16. The summed E-state index contributed by atoms with van der Waals surface area (Å²) in [4.78, 5) is 4.77. The van der Waals surface area contributed by atoms with Crippen molar-refractivity contribution in [2.45, 2.75) is 52.1 Å². The Bertz CT molecular complexity index is 496. The second kappa shape index (κ2) is 12.0. The van der Waals surface area contributed by atoms with Crippen molar-refractivity contribution >= 4 is 5.96 Å². The number of furan rings is 1. The van der Waals surface area contributed by atoms with Gasteiger partial charge in [0.15, 0.2) is 5.96 Å². The second-order valence-electron chi connectivity index (χ2n) is 7.47. The largest absolute Gasteiger partial charge is 0.469 e. The summed E-state index contributed by atoms with van der Waals surface area (Å²) < 4.78 is 11.1. The Labute approximate surface area is 157 Å². The standard InChI is InChI=1S/C20H35N3O3/c1-16(2)13-17(8-10-24)14-22-20(23-15-19-6-4-12-26-19)21-9-7-18-5-3-11-25-18/h3,5,11,16-17,19,24H,4,6-10,12-15H2,1-2H3,(H2,21,22,23). The summed E-state index contributed by atoms with van der Waals surface area (Å²) in [6.45, 7) is 7.77. The number of guanidine groups is 1. The molecular formula is C20H35N3O3. The van der Waals surface area contributed by atoms with E-state index in [-0.39, 0.29) is 12.7 Å². The van der Waals surface area contributed by atoms with Crippen molar-refractivity contribution in [1.29, 1.82) is 0 Å². The molecule has 2 atom stereocenters. The molecule has 2 heterocycles. The molecule has 2 unspecified atom stereocenters. The molecule has 1 aliphatic rings. The lowest BCUT2D eigenvalue weighted by Gasteiger charge is -2.19. The number of nitrogens with one attached hydrogen (secondary N) is 2. The molecule has 1 aliphatic heterocycles. The van der Waals surface area contributed by atoms with E-state index in [1.165, 1.54) is 0 Å². The molecule has 26 heavy (non-hydrogen) atoms. The summed E-state index contributed by atoms with van der Waals surface area (Å²) in [7, 11) is 0. The smallest absolute Gasteiger partial charge is 0.191 e. The maximum atomic E-state index is 9.30. The van der Waals surface area contributed by atoms with Crippen LogP contribution >= 0.6 is 0 Å². The van der Waals surface area contributed by atoms with Crippen molar-refractivity contribution in [1.82, 2.24) is 10.6 Å². The van der Waals surface area contributed by atoms with Gasteiger partial charge in [-0.1, -0.05) is 13.8 Å². The predicted molar refractivity (Wildman–Crippen MR) is 104 cm³/mol. The average Bonchev–Trinajstić information content (AvgIpc) is 3.30. The van der Waals surface area contributed by atoms with Gasteiger partial charge in [-0.05, 0) is 49.7 Å². The van der Waals surface area contributed by atoms with Crippen LogP contribution in [0.1, 0.15) is 45.3 Å². The number of hydrogen-bond acceptors (Lipinski definition) is 4. The highest BCUT2D eigenvalue weighted by molar-refractivity contribution is 5.79. The molecule has 2 rings (SSSR count). The van der Waals surface area contributed by atoms with Gasteiger partial charge in [0, 0.05) is 39.3 Å². The quantitative estimate of drug-likeness (QED) is 0.415. The third kappa shape index (κ3) is 8.23. The molecule has 6 heteroatoms. The molecule has 1 aromatic heterocycles. The van der Waals surface area contributed by atoms with Gasteiger partial charge >= 0.3 is 0 Å². The van der Waals surface area contributed by atoms with Gasteiger partial charge in [0.25, 0.3) is 0 Å². The first-order valence-electron chi connectivity index (χ1n) is 9.94. The lowest BCUT2D eigenvalue weighted by atomic mass is 9.94. The third-order valence-corrected chi connectivity index (χ3v) is 4.61.